The van der Waals surface area contributed by atoms with Crippen LogP contribution in [0.15, 0.2) is 35.2 Å². The van der Waals surface area contributed by atoms with Gasteiger partial charge in [-0.05, 0) is 12.1 Å². The minimum absolute atomic E-state index is 0.103. The number of carbonyl (C=O) groups is 2. The maximum atomic E-state index is 11.2. The van der Waals surface area contributed by atoms with Crippen molar-refractivity contribution in [1.29, 1.82) is 0 Å². The average Bonchev–Trinajstić information content (AvgIpc) is 2.25. The summed E-state index contributed by atoms with van der Waals surface area (Å²) in [5, 5.41) is 2.42. The van der Waals surface area contributed by atoms with Crippen LogP contribution in [0.3, 0.4) is 0 Å². The minimum Gasteiger partial charge on any atom is -0.368 e. The number of thioether (sulfide) groups is 1. The zero-order valence-electron chi connectivity index (χ0n) is 8.10. The summed E-state index contributed by atoms with van der Waals surface area (Å²) in [6, 6.07) is 9.57. The number of hydrogen-bond acceptors (Lipinski definition) is 3. The second-order valence-corrected chi connectivity index (χ2v) is 3.89. The van der Waals surface area contributed by atoms with E-state index in [1.165, 1.54) is 11.8 Å². The monoisotopic (exact) mass is 224 g/mol. The van der Waals surface area contributed by atoms with E-state index in [0.717, 1.165) is 4.90 Å². The van der Waals surface area contributed by atoms with Crippen LogP contribution in [-0.2, 0) is 9.59 Å². The van der Waals surface area contributed by atoms with E-state index >= 15 is 0 Å². The van der Waals surface area contributed by atoms with Crippen molar-refractivity contribution in [3.05, 3.63) is 30.3 Å². The highest BCUT2D eigenvalue weighted by atomic mass is 32.2. The van der Waals surface area contributed by atoms with Gasteiger partial charge in [0.15, 0.2) is 0 Å². The second kappa shape index (κ2) is 6.08. The third-order valence-electron chi connectivity index (χ3n) is 1.57. The van der Waals surface area contributed by atoms with Crippen molar-refractivity contribution in [3.8, 4) is 0 Å². The molecule has 3 N–H and O–H groups in total. The number of rotatable bonds is 5. The Balaban J connectivity index is 2.26. The fraction of sp³-hybridized carbons (Fsp3) is 0.200. The van der Waals surface area contributed by atoms with Crippen molar-refractivity contribution in [2.45, 2.75) is 4.90 Å². The van der Waals surface area contributed by atoms with Crippen molar-refractivity contribution in [1.82, 2.24) is 5.32 Å². The molecule has 80 valence electrons. The molecule has 0 fully saturated rings. The van der Waals surface area contributed by atoms with E-state index in [0.29, 0.717) is 0 Å². The first-order valence-electron chi connectivity index (χ1n) is 4.41. The number of nitrogens with two attached hydrogens (primary N) is 1. The smallest absolute Gasteiger partial charge is 0.236 e. The Bertz CT molecular complexity index is 341. The molecule has 4 nitrogen and oxygen atoms in total. The number of amides is 2. The van der Waals surface area contributed by atoms with Crippen molar-refractivity contribution in [2.75, 3.05) is 12.3 Å². The first kappa shape index (κ1) is 11.6. The van der Waals surface area contributed by atoms with Crippen LogP contribution in [0.5, 0.6) is 0 Å². The summed E-state index contributed by atoms with van der Waals surface area (Å²) in [5.74, 6) is -0.437. The van der Waals surface area contributed by atoms with E-state index in [1.807, 2.05) is 30.3 Å². The molecule has 0 atom stereocenters. The van der Waals surface area contributed by atoms with E-state index < -0.39 is 5.91 Å². The van der Waals surface area contributed by atoms with Gasteiger partial charge in [-0.3, -0.25) is 9.59 Å². The van der Waals surface area contributed by atoms with Crippen LogP contribution in [0, 0.1) is 0 Å². The largest absolute Gasteiger partial charge is 0.368 e. The third-order valence-corrected chi connectivity index (χ3v) is 2.58. The lowest BCUT2D eigenvalue weighted by molar-refractivity contribution is -0.123. The summed E-state index contributed by atoms with van der Waals surface area (Å²) in [7, 11) is 0. The van der Waals surface area contributed by atoms with Gasteiger partial charge < -0.3 is 11.1 Å². The summed E-state index contributed by atoms with van der Waals surface area (Å²) in [4.78, 5) is 22.6. The van der Waals surface area contributed by atoms with Gasteiger partial charge >= 0.3 is 0 Å². The molecule has 5 heteroatoms. The Kier molecular flexibility index (Phi) is 4.70. The van der Waals surface area contributed by atoms with Gasteiger partial charge in [0, 0.05) is 4.90 Å². The summed E-state index contributed by atoms with van der Waals surface area (Å²) >= 11 is 1.42. The molecule has 0 aliphatic carbocycles. The predicted molar refractivity (Wildman–Crippen MR) is 59.4 cm³/mol. The molecule has 1 rings (SSSR count). The molecule has 1 aromatic carbocycles. The van der Waals surface area contributed by atoms with Crippen molar-refractivity contribution >= 4 is 23.6 Å². The van der Waals surface area contributed by atoms with Gasteiger partial charge in [0.1, 0.15) is 0 Å². The molecule has 0 aromatic heterocycles. The molecular formula is C10H12N2O2S. The maximum absolute atomic E-state index is 11.2. The quantitative estimate of drug-likeness (QED) is 0.710. The molecule has 1 aromatic rings. The van der Waals surface area contributed by atoms with Gasteiger partial charge in [-0.1, -0.05) is 18.2 Å². The maximum Gasteiger partial charge on any atom is 0.236 e. The molecule has 0 aliphatic rings. The Morgan fingerprint density at radius 2 is 1.93 bits per heavy atom. The van der Waals surface area contributed by atoms with Crippen LogP contribution in [0.1, 0.15) is 0 Å². The standard InChI is InChI=1S/C10H12N2O2S/c11-9(13)6-12-10(14)7-15-8-4-2-1-3-5-8/h1-5H,6-7H2,(H2,11,13)(H,12,14). The highest BCUT2D eigenvalue weighted by Gasteiger charge is 2.03. The predicted octanol–water partition coefficient (Wildman–Crippen LogP) is 0.380. The Hall–Kier alpha value is -1.49. The minimum atomic E-state index is -0.534. The molecule has 0 saturated heterocycles. The number of hydrogen-bond donors (Lipinski definition) is 2. The van der Waals surface area contributed by atoms with Crippen molar-refractivity contribution in [2.24, 2.45) is 5.73 Å². The van der Waals surface area contributed by atoms with Crippen LogP contribution in [0.2, 0.25) is 0 Å². The van der Waals surface area contributed by atoms with E-state index in [2.05, 4.69) is 5.32 Å². The number of nitrogens with one attached hydrogen (secondary N) is 1. The Morgan fingerprint density at radius 3 is 2.53 bits per heavy atom. The van der Waals surface area contributed by atoms with Gasteiger partial charge in [0.05, 0.1) is 12.3 Å². The highest BCUT2D eigenvalue weighted by molar-refractivity contribution is 8.00. The summed E-state index contributed by atoms with van der Waals surface area (Å²) < 4.78 is 0. The lowest BCUT2D eigenvalue weighted by Gasteiger charge is -2.02. The molecule has 0 spiro atoms. The molecule has 0 aliphatic heterocycles. The van der Waals surface area contributed by atoms with Gasteiger partial charge in [0.2, 0.25) is 11.8 Å². The zero-order chi connectivity index (χ0) is 11.1. The molecule has 0 radical (unpaired) electrons. The molecular weight excluding hydrogens is 212 g/mol. The Morgan fingerprint density at radius 1 is 1.27 bits per heavy atom. The van der Waals surface area contributed by atoms with Crippen molar-refractivity contribution in [3.63, 3.8) is 0 Å². The van der Waals surface area contributed by atoms with E-state index in [9.17, 15) is 9.59 Å². The zero-order valence-corrected chi connectivity index (χ0v) is 8.92. The average molecular weight is 224 g/mol. The van der Waals surface area contributed by atoms with Crippen LogP contribution < -0.4 is 11.1 Å². The number of carbonyl (C=O) groups excluding carboxylic acids is 2. The topological polar surface area (TPSA) is 72.2 Å². The van der Waals surface area contributed by atoms with Gasteiger partial charge in [-0.25, -0.2) is 0 Å². The molecule has 0 unspecified atom stereocenters. The van der Waals surface area contributed by atoms with Gasteiger partial charge in [0.25, 0.3) is 0 Å². The van der Waals surface area contributed by atoms with E-state index in [4.69, 9.17) is 5.73 Å². The fourth-order valence-electron chi connectivity index (χ4n) is 0.902. The lowest BCUT2D eigenvalue weighted by atomic mass is 10.4. The molecule has 2 amide bonds. The lowest BCUT2D eigenvalue weighted by Crippen LogP contribution is -2.34. The summed E-state index contributed by atoms with van der Waals surface area (Å²) in [6.07, 6.45) is 0. The summed E-state index contributed by atoms with van der Waals surface area (Å²) in [6.45, 7) is -0.103. The first-order chi connectivity index (χ1) is 7.18. The highest BCUT2D eigenvalue weighted by Crippen LogP contribution is 2.15. The second-order valence-electron chi connectivity index (χ2n) is 2.84. The Labute approximate surface area is 92.2 Å². The van der Waals surface area contributed by atoms with Gasteiger partial charge in [-0.15, -0.1) is 11.8 Å². The van der Waals surface area contributed by atoms with Crippen LogP contribution in [-0.4, -0.2) is 24.1 Å². The van der Waals surface area contributed by atoms with Crippen LogP contribution >= 0.6 is 11.8 Å². The van der Waals surface area contributed by atoms with Crippen LogP contribution in [0.4, 0.5) is 0 Å². The molecule has 0 bridgehead atoms. The number of benzene rings is 1. The van der Waals surface area contributed by atoms with E-state index in [1.54, 1.807) is 0 Å². The molecule has 0 heterocycles. The number of primary amides is 1. The SMILES string of the molecule is NC(=O)CNC(=O)CSc1ccccc1. The van der Waals surface area contributed by atoms with Crippen LogP contribution in [0.25, 0.3) is 0 Å². The van der Waals surface area contributed by atoms with E-state index in [-0.39, 0.29) is 18.2 Å². The third kappa shape index (κ3) is 5.07. The normalized spacial score (nSPS) is 9.60. The van der Waals surface area contributed by atoms with Gasteiger partial charge in [-0.2, -0.15) is 0 Å². The van der Waals surface area contributed by atoms with Crippen molar-refractivity contribution < 1.29 is 9.59 Å². The molecule has 15 heavy (non-hydrogen) atoms. The summed E-state index contributed by atoms with van der Waals surface area (Å²) in [5.41, 5.74) is 4.89. The first-order valence-corrected chi connectivity index (χ1v) is 5.40. The fourth-order valence-corrected chi connectivity index (χ4v) is 1.65. The molecule has 0 saturated carbocycles.